The number of nitrogens with one attached hydrogen (secondary N) is 1. The molecule has 0 unspecified atom stereocenters. The number of carbonyl (C=O) groups is 1. The van der Waals surface area contributed by atoms with E-state index < -0.39 is 0 Å². The van der Waals surface area contributed by atoms with E-state index in [9.17, 15) is 4.79 Å². The Balaban J connectivity index is 2.35. The van der Waals surface area contributed by atoms with E-state index in [2.05, 4.69) is 16.2 Å². The van der Waals surface area contributed by atoms with Gasteiger partial charge in [-0.25, -0.2) is 4.98 Å². The number of amides is 1. The Kier molecular flexibility index (Phi) is 3.49. The van der Waals surface area contributed by atoms with Gasteiger partial charge in [0, 0.05) is 24.5 Å². The number of carbonyl (C=O) groups excluding carboxylic acids is 1. The average Bonchev–Trinajstić information content (AvgIpc) is 2.68. The highest BCUT2D eigenvalue weighted by Crippen LogP contribution is 2.34. The second-order valence-electron chi connectivity index (χ2n) is 3.86. The second kappa shape index (κ2) is 5.07. The van der Waals surface area contributed by atoms with Gasteiger partial charge in [0.2, 0.25) is 0 Å². The molecule has 2 aromatic rings. The van der Waals surface area contributed by atoms with E-state index in [-0.39, 0.29) is 5.91 Å². The van der Waals surface area contributed by atoms with E-state index in [1.165, 1.54) is 11.3 Å². The third-order valence-corrected chi connectivity index (χ3v) is 3.71. The zero-order chi connectivity index (χ0) is 13.1. The van der Waals surface area contributed by atoms with Crippen LogP contribution in [0.5, 0.6) is 0 Å². The highest BCUT2D eigenvalue weighted by atomic mass is 32.1. The first-order chi connectivity index (χ1) is 8.65. The Morgan fingerprint density at radius 2 is 2.44 bits per heavy atom. The number of anilines is 1. The molecule has 2 heterocycles. The summed E-state index contributed by atoms with van der Waals surface area (Å²) in [6.45, 7) is 2.41. The molecule has 0 saturated carbocycles. The monoisotopic (exact) mass is 259 g/mol. The molecule has 0 aliphatic carbocycles. The number of nitrogen functional groups attached to an aromatic ring is 1. The van der Waals surface area contributed by atoms with E-state index in [1.807, 2.05) is 13.0 Å². The first-order valence-corrected chi connectivity index (χ1v) is 6.32. The molecule has 2 rings (SSSR count). The van der Waals surface area contributed by atoms with Crippen LogP contribution in [0.4, 0.5) is 5.69 Å². The molecule has 3 N–H and O–H groups in total. The highest BCUT2D eigenvalue weighted by molar-refractivity contribution is 7.21. The predicted octanol–water partition coefficient (Wildman–Crippen LogP) is 1.94. The van der Waals surface area contributed by atoms with Crippen LogP contribution in [0, 0.1) is 19.3 Å². The Morgan fingerprint density at radius 1 is 1.67 bits per heavy atom. The van der Waals surface area contributed by atoms with Crippen LogP contribution in [0.3, 0.4) is 0 Å². The number of hydrogen-bond donors (Lipinski definition) is 2. The Labute approximate surface area is 109 Å². The smallest absolute Gasteiger partial charge is 0.263 e. The van der Waals surface area contributed by atoms with Gasteiger partial charge >= 0.3 is 0 Å². The van der Waals surface area contributed by atoms with Crippen molar-refractivity contribution in [3.8, 4) is 12.3 Å². The number of thiophene rings is 1. The largest absolute Gasteiger partial charge is 0.397 e. The summed E-state index contributed by atoms with van der Waals surface area (Å²) in [6, 6.07) is 1.88. The number of rotatable bonds is 3. The minimum absolute atomic E-state index is 0.190. The molecule has 0 aliphatic rings. The van der Waals surface area contributed by atoms with Crippen molar-refractivity contribution in [3.05, 3.63) is 22.7 Å². The summed E-state index contributed by atoms with van der Waals surface area (Å²) in [5.74, 6) is 2.28. The molecule has 0 radical (unpaired) electrons. The van der Waals surface area contributed by atoms with Gasteiger partial charge in [0.1, 0.15) is 9.71 Å². The average molecular weight is 259 g/mol. The highest BCUT2D eigenvalue weighted by Gasteiger charge is 2.17. The van der Waals surface area contributed by atoms with Crippen molar-refractivity contribution < 1.29 is 4.79 Å². The number of pyridine rings is 1. The van der Waals surface area contributed by atoms with Crippen LogP contribution >= 0.6 is 11.3 Å². The quantitative estimate of drug-likeness (QED) is 0.654. The fraction of sp³-hybridized carbons (Fsp3) is 0.231. The van der Waals surface area contributed by atoms with Gasteiger partial charge in [-0.2, -0.15) is 0 Å². The first kappa shape index (κ1) is 12.4. The lowest BCUT2D eigenvalue weighted by molar-refractivity contribution is 0.0959. The fourth-order valence-corrected chi connectivity index (χ4v) is 2.76. The molecule has 92 valence electrons. The Bertz CT molecular complexity index is 639. The van der Waals surface area contributed by atoms with Crippen molar-refractivity contribution >= 4 is 33.1 Å². The molecule has 0 bridgehead atoms. The molecule has 0 fully saturated rings. The van der Waals surface area contributed by atoms with Crippen LogP contribution in [-0.2, 0) is 0 Å². The lowest BCUT2D eigenvalue weighted by Crippen LogP contribution is -2.23. The lowest BCUT2D eigenvalue weighted by Gasteiger charge is -2.01. The topological polar surface area (TPSA) is 68.0 Å². The van der Waals surface area contributed by atoms with Gasteiger partial charge in [0.25, 0.3) is 5.91 Å². The van der Waals surface area contributed by atoms with Gasteiger partial charge in [-0.3, -0.25) is 4.79 Å². The maximum Gasteiger partial charge on any atom is 0.263 e. The number of hydrogen-bond acceptors (Lipinski definition) is 4. The van der Waals surface area contributed by atoms with Gasteiger partial charge < -0.3 is 11.1 Å². The number of fused-ring (bicyclic) bond motifs is 1. The number of terminal acetylenes is 1. The lowest BCUT2D eigenvalue weighted by atomic mass is 10.2. The summed E-state index contributed by atoms with van der Waals surface area (Å²) < 4.78 is 0. The Hall–Kier alpha value is -2.06. The summed E-state index contributed by atoms with van der Waals surface area (Å²) in [5, 5.41) is 3.61. The summed E-state index contributed by atoms with van der Waals surface area (Å²) in [4.78, 5) is 17.5. The molecular weight excluding hydrogens is 246 g/mol. The Morgan fingerprint density at radius 3 is 3.11 bits per heavy atom. The van der Waals surface area contributed by atoms with Crippen LogP contribution in [-0.4, -0.2) is 17.4 Å². The van der Waals surface area contributed by atoms with E-state index in [0.717, 1.165) is 15.8 Å². The summed E-state index contributed by atoms with van der Waals surface area (Å²) >= 11 is 1.30. The molecule has 18 heavy (non-hydrogen) atoms. The van der Waals surface area contributed by atoms with Gasteiger partial charge in [-0.1, -0.05) is 0 Å². The van der Waals surface area contributed by atoms with Crippen molar-refractivity contribution in [2.75, 3.05) is 12.3 Å². The molecule has 1 amide bonds. The van der Waals surface area contributed by atoms with Crippen molar-refractivity contribution in [2.45, 2.75) is 13.3 Å². The normalized spacial score (nSPS) is 10.2. The van der Waals surface area contributed by atoms with Crippen molar-refractivity contribution in [1.82, 2.24) is 10.3 Å². The van der Waals surface area contributed by atoms with Gasteiger partial charge in [-0.15, -0.1) is 23.7 Å². The number of aryl methyl sites for hydroxylation is 1. The molecule has 2 aromatic heterocycles. The van der Waals surface area contributed by atoms with Gasteiger partial charge in [-0.05, 0) is 18.6 Å². The SMILES string of the molecule is C#CCCNC(=O)c1sc2nccc(C)c2c1N. The molecule has 0 saturated heterocycles. The zero-order valence-electron chi connectivity index (χ0n) is 9.99. The summed E-state index contributed by atoms with van der Waals surface area (Å²) in [6.07, 6.45) is 7.35. The summed E-state index contributed by atoms with van der Waals surface area (Å²) in [5.41, 5.74) is 7.54. The zero-order valence-corrected chi connectivity index (χ0v) is 10.8. The number of nitrogens with two attached hydrogens (primary N) is 1. The second-order valence-corrected chi connectivity index (χ2v) is 4.86. The predicted molar refractivity (Wildman–Crippen MR) is 74.6 cm³/mol. The number of aromatic nitrogens is 1. The standard InChI is InChI=1S/C13H13N3OS/c1-3-4-6-15-12(17)11-10(14)9-8(2)5-7-16-13(9)18-11/h1,5,7H,4,6,14H2,2H3,(H,15,17). The third-order valence-electron chi connectivity index (χ3n) is 2.60. The molecular formula is C13H13N3OS. The first-order valence-electron chi connectivity index (χ1n) is 5.50. The minimum Gasteiger partial charge on any atom is -0.397 e. The molecule has 0 atom stereocenters. The van der Waals surface area contributed by atoms with E-state index in [0.29, 0.717) is 23.5 Å². The van der Waals surface area contributed by atoms with Crippen molar-refractivity contribution in [2.24, 2.45) is 0 Å². The van der Waals surface area contributed by atoms with Gasteiger partial charge in [0.05, 0.1) is 5.69 Å². The molecule has 5 heteroatoms. The van der Waals surface area contributed by atoms with Crippen LogP contribution in [0.15, 0.2) is 12.3 Å². The molecule has 4 nitrogen and oxygen atoms in total. The minimum atomic E-state index is -0.190. The maximum atomic E-state index is 11.9. The van der Waals surface area contributed by atoms with Crippen molar-refractivity contribution in [3.63, 3.8) is 0 Å². The van der Waals surface area contributed by atoms with E-state index in [4.69, 9.17) is 12.2 Å². The van der Waals surface area contributed by atoms with E-state index in [1.54, 1.807) is 6.20 Å². The third kappa shape index (κ3) is 2.15. The van der Waals surface area contributed by atoms with Crippen LogP contribution in [0.2, 0.25) is 0 Å². The van der Waals surface area contributed by atoms with Crippen LogP contribution in [0.25, 0.3) is 10.2 Å². The fourth-order valence-electron chi connectivity index (χ4n) is 1.70. The maximum absolute atomic E-state index is 11.9. The van der Waals surface area contributed by atoms with E-state index >= 15 is 0 Å². The van der Waals surface area contributed by atoms with Crippen molar-refractivity contribution in [1.29, 1.82) is 0 Å². The van der Waals surface area contributed by atoms with Crippen LogP contribution < -0.4 is 11.1 Å². The van der Waals surface area contributed by atoms with Gasteiger partial charge in [0.15, 0.2) is 0 Å². The molecule has 0 spiro atoms. The van der Waals surface area contributed by atoms with Crippen LogP contribution in [0.1, 0.15) is 21.7 Å². The molecule has 0 aromatic carbocycles. The summed E-state index contributed by atoms with van der Waals surface area (Å²) in [7, 11) is 0. The molecule has 0 aliphatic heterocycles. The number of nitrogens with zero attached hydrogens (tertiary/aromatic N) is 1.